The monoisotopic (exact) mass is 535 g/mol. The first kappa shape index (κ1) is 27.4. The molecule has 2 aromatic rings. The molecule has 2 aromatic carbocycles. The van der Waals surface area contributed by atoms with Crippen LogP contribution in [0.4, 0.5) is 5.69 Å². The van der Waals surface area contributed by atoms with Crippen molar-refractivity contribution in [2.24, 2.45) is 16.5 Å². The lowest BCUT2D eigenvalue weighted by atomic mass is 10.0. The highest BCUT2D eigenvalue weighted by atomic mass is 32.2. The van der Waals surface area contributed by atoms with Gasteiger partial charge in [-0.3, -0.25) is 9.59 Å². The number of nitrogens with one attached hydrogen (secondary N) is 2. The molecule has 198 valence electrons. The zero-order chi connectivity index (χ0) is 27.2. The Balaban J connectivity index is 1.75. The van der Waals surface area contributed by atoms with E-state index in [1.165, 1.54) is 18.2 Å². The van der Waals surface area contributed by atoms with Gasteiger partial charge in [0.1, 0.15) is 6.04 Å². The molecule has 1 heterocycles. The van der Waals surface area contributed by atoms with Crippen LogP contribution in [0.25, 0.3) is 0 Å². The van der Waals surface area contributed by atoms with E-state index < -0.39 is 40.6 Å². The molecule has 14 nitrogen and oxygen atoms in total. The van der Waals surface area contributed by atoms with Crippen LogP contribution in [-0.2, 0) is 32.8 Å². The van der Waals surface area contributed by atoms with Gasteiger partial charge in [-0.25, -0.2) is 9.79 Å². The lowest BCUT2D eigenvalue weighted by Crippen LogP contribution is -2.47. The van der Waals surface area contributed by atoms with Gasteiger partial charge in [0.25, 0.3) is 10.2 Å². The minimum Gasteiger partial charge on any atom is -0.490 e. The van der Waals surface area contributed by atoms with E-state index in [-0.39, 0.29) is 30.6 Å². The Hall–Kier alpha value is -4.21. The Morgan fingerprint density at radius 3 is 2.54 bits per heavy atom. The fourth-order valence-corrected chi connectivity index (χ4v) is 4.42. The molecule has 0 bridgehead atoms. The third-order valence-corrected chi connectivity index (χ3v) is 6.19. The van der Waals surface area contributed by atoms with Gasteiger partial charge in [0.05, 0.1) is 24.3 Å². The third-order valence-electron chi connectivity index (χ3n) is 5.07. The van der Waals surface area contributed by atoms with Crippen LogP contribution in [0.3, 0.4) is 0 Å². The van der Waals surface area contributed by atoms with Crippen molar-refractivity contribution in [3.63, 3.8) is 0 Å². The minimum atomic E-state index is -4.36. The first-order chi connectivity index (χ1) is 17.4. The molecule has 0 fully saturated rings. The topological polar surface area (TPSA) is 233 Å². The number of fused-ring (bicyclic) bond motifs is 2. The number of aliphatic carboxylic acids is 2. The Labute approximate surface area is 211 Å². The molecule has 0 aliphatic carbocycles. The Morgan fingerprint density at radius 2 is 1.86 bits per heavy atom. The summed E-state index contributed by atoms with van der Waals surface area (Å²) in [7, 11) is -4.36. The molecular weight excluding hydrogens is 510 g/mol. The fourth-order valence-electron chi connectivity index (χ4n) is 3.43. The van der Waals surface area contributed by atoms with Crippen LogP contribution in [0, 0.1) is 0 Å². The van der Waals surface area contributed by atoms with Crippen molar-refractivity contribution >= 4 is 39.8 Å². The summed E-state index contributed by atoms with van der Waals surface area (Å²) in [6, 6.07) is 7.38. The van der Waals surface area contributed by atoms with Crippen molar-refractivity contribution in [3.05, 3.63) is 53.1 Å². The Morgan fingerprint density at radius 1 is 1.11 bits per heavy atom. The van der Waals surface area contributed by atoms with E-state index in [1.54, 1.807) is 22.9 Å². The zero-order valence-corrected chi connectivity index (χ0v) is 20.2. The molecule has 0 saturated heterocycles. The number of nitrogens with two attached hydrogens (primary N) is 2. The number of hydrogen-bond donors (Lipinski definition) is 6. The summed E-state index contributed by atoms with van der Waals surface area (Å²) in [4.78, 5) is 38.7. The van der Waals surface area contributed by atoms with Gasteiger partial charge >= 0.3 is 17.9 Å². The number of aryl methyl sites for hydroxylation is 1. The number of nitrogens with zero attached hydrogens (tertiary/aromatic N) is 1. The van der Waals surface area contributed by atoms with Crippen LogP contribution in [0.1, 0.15) is 34.3 Å². The highest BCUT2D eigenvalue weighted by Gasteiger charge is 2.26. The fraction of sp³-hybridized carbons (Fsp3) is 0.273. The van der Waals surface area contributed by atoms with Gasteiger partial charge in [-0.05, 0) is 54.3 Å². The number of rotatable bonds is 9. The first-order valence-corrected chi connectivity index (χ1v) is 12.3. The van der Waals surface area contributed by atoms with E-state index >= 15 is 0 Å². The maximum absolute atomic E-state index is 12.8. The maximum atomic E-state index is 12.8. The first-order valence-electron chi connectivity index (χ1n) is 10.9. The average molecular weight is 536 g/mol. The molecule has 0 saturated carbocycles. The number of hydrogen-bond acceptors (Lipinski definition) is 8. The summed E-state index contributed by atoms with van der Waals surface area (Å²) in [5.41, 5.74) is 12.8. The summed E-state index contributed by atoms with van der Waals surface area (Å²) in [6.45, 7) is -0.0293. The molecule has 37 heavy (non-hydrogen) atoms. The summed E-state index contributed by atoms with van der Waals surface area (Å²) in [5, 5.41) is 17.8. The molecule has 1 aliphatic heterocycles. The van der Waals surface area contributed by atoms with Crippen LogP contribution in [-0.4, -0.2) is 55.1 Å². The van der Waals surface area contributed by atoms with Crippen molar-refractivity contribution in [1.29, 1.82) is 0 Å². The average Bonchev–Trinajstić information content (AvgIpc) is 2.80. The van der Waals surface area contributed by atoms with Gasteiger partial charge in [-0.15, -0.1) is 0 Å². The predicted octanol–water partition coefficient (Wildman–Crippen LogP) is -0.0124. The summed E-state index contributed by atoms with van der Waals surface area (Å²) in [5.74, 6) is -3.54. The highest BCUT2D eigenvalue weighted by molar-refractivity contribution is 7.87. The second-order valence-electron chi connectivity index (χ2n) is 7.93. The molecule has 3 rings (SSSR count). The minimum absolute atomic E-state index is 0.114. The van der Waals surface area contributed by atoms with Crippen molar-refractivity contribution < 1.29 is 42.5 Å². The molecule has 0 aromatic heterocycles. The number of carboxylic acids is 2. The lowest BCUT2D eigenvalue weighted by molar-refractivity contribution is -0.145. The molecular formula is C22H25N5O9S. The summed E-state index contributed by atoms with van der Waals surface area (Å²) >= 11 is 0. The van der Waals surface area contributed by atoms with Crippen molar-refractivity contribution in [2.45, 2.75) is 31.8 Å². The number of esters is 1. The standard InChI is InChI=1S/C22H25N5O9S/c23-22(24)26-14-4-5-15-13(9-14)2-1-7-35-18-8-12(3-6-17(18)36-21(15)32)11-25-37(33,34)27-16(20(30)31)10-19(28)29/h3-6,8-9,16,25,27H,1-2,7,10-11H2,(H,28,29)(H,30,31)(H4,23,24,26). The number of ether oxygens (including phenoxy) is 2. The van der Waals surface area contributed by atoms with Crippen LogP contribution in [0.15, 0.2) is 41.4 Å². The quantitative estimate of drug-likeness (QED) is 0.108. The highest BCUT2D eigenvalue weighted by Crippen LogP contribution is 2.31. The molecule has 1 atom stereocenters. The number of aliphatic imine (C=N–C) groups is 1. The number of carboxylic acid groups (broad SMARTS) is 2. The predicted molar refractivity (Wildman–Crippen MR) is 130 cm³/mol. The molecule has 15 heteroatoms. The van der Waals surface area contributed by atoms with Crippen LogP contribution < -0.4 is 30.4 Å². The van der Waals surface area contributed by atoms with Crippen molar-refractivity contribution in [1.82, 2.24) is 9.44 Å². The molecule has 0 amide bonds. The largest absolute Gasteiger partial charge is 0.490 e. The number of guanidine groups is 1. The molecule has 1 unspecified atom stereocenters. The molecule has 1 aliphatic rings. The lowest BCUT2D eigenvalue weighted by Gasteiger charge is -2.17. The molecule has 0 spiro atoms. The van der Waals surface area contributed by atoms with Gasteiger partial charge < -0.3 is 31.2 Å². The smallest absolute Gasteiger partial charge is 0.343 e. The van der Waals surface area contributed by atoms with Gasteiger partial charge in [0.2, 0.25) is 0 Å². The van der Waals surface area contributed by atoms with Crippen molar-refractivity contribution in [2.75, 3.05) is 6.61 Å². The maximum Gasteiger partial charge on any atom is 0.343 e. The Kier molecular flexibility index (Phi) is 8.65. The van der Waals surface area contributed by atoms with E-state index in [2.05, 4.69) is 9.71 Å². The van der Waals surface area contributed by atoms with E-state index in [9.17, 15) is 22.8 Å². The molecule has 8 N–H and O–H groups in total. The zero-order valence-electron chi connectivity index (χ0n) is 19.3. The van der Waals surface area contributed by atoms with Gasteiger partial charge in [-0.2, -0.15) is 17.9 Å². The van der Waals surface area contributed by atoms with Crippen molar-refractivity contribution in [3.8, 4) is 11.5 Å². The SMILES string of the molecule is NC(N)=Nc1ccc2c(c1)CCCOc1cc(CNS(=O)(=O)NC(CC(=O)O)C(=O)O)ccc1OC2=O. The number of carbonyl (C=O) groups is 3. The van der Waals surface area contributed by atoms with E-state index in [1.807, 2.05) is 0 Å². The summed E-state index contributed by atoms with van der Waals surface area (Å²) < 4.78 is 39.6. The summed E-state index contributed by atoms with van der Waals surface area (Å²) in [6.07, 6.45) is 0.0683. The second-order valence-corrected chi connectivity index (χ2v) is 9.46. The van der Waals surface area contributed by atoms with Crippen LogP contribution >= 0.6 is 0 Å². The Bertz CT molecular complexity index is 1340. The number of carbonyl (C=O) groups excluding carboxylic acids is 1. The van der Waals surface area contributed by atoms with Gasteiger partial charge in [0, 0.05) is 6.54 Å². The van der Waals surface area contributed by atoms with E-state index in [0.717, 1.165) is 0 Å². The van der Waals surface area contributed by atoms with Gasteiger partial charge in [-0.1, -0.05) is 6.07 Å². The number of benzene rings is 2. The van der Waals surface area contributed by atoms with E-state index in [0.29, 0.717) is 35.2 Å². The van der Waals surface area contributed by atoms with Crippen LogP contribution in [0.2, 0.25) is 0 Å². The molecule has 0 radical (unpaired) electrons. The second kappa shape index (κ2) is 11.7. The normalized spacial score (nSPS) is 14.2. The third kappa shape index (κ3) is 7.89. The van der Waals surface area contributed by atoms with Crippen LogP contribution in [0.5, 0.6) is 11.5 Å². The van der Waals surface area contributed by atoms with Gasteiger partial charge in [0.15, 0.2) is 17.5 Å². The van der Waals surface area contributed by atoms with E-state index in [4.69, 9.17) is 31.2 Å².